The Hall–Kier alpha value is -2.81. The predicted molar refractivity (Wildman–Crippen MR) is 134 cm³/mol. The zero-order chi connectivity index (χ0) is 22.6. The number of benzene rings is 1. The van der Waals surface area contributed by atoms with Gasteiger partial charge < -0.3 is 29.9 Å². The number of nitrogens with one attached hydrogen (secondary N) is 2. The van der Waals surface area contributed by atoms with Gasteiger partial charge in [0.1, 0.15) is 11.6 Å². The number of nitrogens with zero attached hydrogens (tertiary/aromatic N) is 4. The van der Waals surface area contributed by atoms with Gasteiger partial charge in [0, 0.05) is 38.3 Å². The van der Waals surface area contributed by atoms with E-state index in [4.69, 9.17) is 31.7 Å². The van der Waals surface area contributed by atoms with Crippen LogP contribution in [0.1, 0.15) is 51.0 Å². The molecule has 2 fully saturated rings. The van der Waals surface area contributed by atoms with E-state index >= 15 is 0 Å². The fourth-order valence-corrected chi connectivity index (χ4v) is 4.89. The van der Waals surface area contributed by atoms with Crippen LogP contribution in [0.3, 0.4) is 0 Å². The molecule has 176 valence electrons. The predicted octanol–water partition coefficient (Wildman–Crippen LogP) is 4.06. The molecule has 3 aliphatic heterocycles. The topological polar surface area (TPSA) is 74.8 Å². The van der Waals surface area contributed by atoms with Crippen LogP contribution in [0.15, 0.2) is 24.3 Å². The highest BCUT2D eigenvalue weighted by Gasteiger charge is 2.23. The lowest BCUT2D eigenvalue weighted by Gasteiger charge is -2.35. The van der Waals surface area contributed by atoms with Crippen LogP contribution in [-0.4, -0.2) is 47.5 Å². The van der Waals surface area contributed by atoms with Gasteiger partial charge >= 0.3 is 0 Å². The van der Waals surface area contributed by atoms with Crippen molar-refractivity contribution >= 4 is 34.9 Å². The fraction of sp³-hybridized carbons (Fsp3) is 0.542. The van der Waals surface area contributed by atoms with Gasteiger partial charge in [-0.05, 0) is 75.4 Å². The SMILES string of the molecule is CC1CCCCN1c1cc(N2CCCCC2)nc(NC(=S)NCc2ccc3c(c2)OCO3)n1. The average Bonchev–Trinajstić information content (AvgIpc) is 3.31. The van der Waals surface area contributed by atoms with Gasteiger partial charge in [0.15, 0.2) is 16.6 Å². The molecule has 5 rings (SSSR count). The summed E-state index contributed by atoms with van der Waals surface area (Å²) in [4.78, 5) is 14.5. The third-order valence-electron chi connectivity index (χ3n) is 6.59. The molecule has 0 bridgehead atoms. The van der Waals surface area contributed by atoms with Crippen molar-refractivity contribution in [2.45, 2.75) is 58.0 Å². The monoisotopic (exact) mass is 468 g/mol. The number of anilines is 3. The molecule has 2 aromatic rings. The molecule has 1 unspecified atom stereocenters. The van der Waals surface area contributed by atoms with E-state index in [1.807, 2.05) is 18.2 Å². The molecule has 0 amide bonds. The quantitative estimate of drug-likeness (QED) is 0.632. The first kappa shape index (κ1) is 22.0. The molecule has 4 heterocycles. The molecule has 0 saturated carbocycles. The van der Waals surface area contributed by atoms with Crippen LogP contribution in [-0.2, 0) is 6.54 Å². The first-order valence-electron chi connectivity index (χ1n) is 12.0. The Morgan fingerprint density at radius 3 is 2.64 bits per heavy atom. The smallest absolute Gasteiger partial charge is 0.232 e. The van der Waals surface area contributed by atoms with Gasteiger partial charge in [0.2, 0.25) is 12.7 Å². The maximum absolute atomic E-state index is 5.57. The van der Waals surface area contributed by atoms with Crippen molar-refractivity contribution in [2.24, 2.45) is 0 Å². The zero-order valence-electron chi connectivity index (χ0n) is 19.2. The zero-order valence-corrected chi connectivity index (χ0v) is 20.0. The van der Waals surface area contributed by atoms with Gasteiger partial charge in [0.05, 0.1) is 0 Å². The molecule has 0 spiro atoms. The van der Waals surface area contributed by atoms with Crippen molar-refractivity contribution in [3.63, 3.8) is 0 Å². The lowest BCUT2D eigenvalue weighted by Crippen LogP contribution is -2.39. The standard InChI is InChI=1S/C24H32N6O2S/c1-17-7-3-6-12-30(17)22-14-21(29-10-4-2-5-11-29)26-23(27-22)28-24(33)25-15-18-8-9-19-20(13-18)32-16-31-19/h8-9,13-14,17H,2-7,10-12,15-16H2,1H3,(H2,25,26,27,28,33). The van der Waals surface area contributed by atoms with E-state index in [1.54, 1.807) is 0 Å². The van der Waals surface area contributed by atoms with Crippen LogP contribution in [0.5, 0.6) is 11.5 Å². The molecule has 1 atom stereocenters. The van der Waals surface area contributed by atoms with E-state index in [1.165, 1.54) is 38.5 Å². The fourth-order valence-electron chi connectivity index (χ4n) is 4.73. The highest BCUT2D eigenvalue weighted by Crippen LogP contribution is 2.32. The van der Waals surface area contributed by atoms with E-state index in [-0.39, 0.29) is 6.79 Å². The number of ether oxygens (including phenoxy) is 2. The van der Waals surface area contributed by atoms with Crippen molar-refractivity contribution in [3.05, 3.63) is 29.8 Å². The van der Waals surface area contributed by atoms with Crippen LogP contribution in [0.25, 0.3) is 0 Å². The maximum Gasteiger partial charge on any atom is 0.232 e. The van der Waals surface area contributed by atoms with Gasteiger partial charge in [-0.2, -0.15) is 9.97 Å². The second-order valence-corrected chi connectivity index (χ2v) is 9.40. The van der Waals surface area contributed by atoms with Crippen LogP contribution < -0.4 is 29.9 Å². The molecular weight excluding hydrogens is 436 g/mol. The number of hydrogen-bond donors (Lipinski definition) is 2. The molecule has 2 saturated heterocycles. The Morgan fingerprint density at radius 2 is 1.79 bits per heavy atom. The van der Waals surface area contributed by atoms with Crippen LogP contribution in [0.2, 0.25) is 0 Å². The summed E-state index contributed by atoms with van der Waals surface area (Å²) in [5.74, 6) is 4.07. The summed E-state index contributed by atoms with van der Waals surface area (Å²) in [5.41, 5.74) is 1.06. The lowest BCUT2D eigenvalue weighted by molar-refractivity contribution is 0.174. The first-order chi connectivity index (χ1) is 16.2. The van der Waals surface area contributed by atoms with Crippen molar-refractivity contribution in [1.29, 1.82) is 0 Å². The van der Waals surface area contributed by atoms with E-state index in [9.17, 15) is 0 Å². The summed E-state index contributed by atoms with van der Waals surface area (Å²) in [5, 5.41) is 6.99. The Kier molecular flexibility index (Phi) is 6.66. The minimum atomic E-state index is 0.273. The molecule has 0 radical (unpaired) electrons. The number of thiocarbonyl (C=S) groups is 1. The molecular formula is C24H32N6O2S. The van der Waals surface area contributed by atoms with Gasteiger partial charge in [-0.15, -0.1) is 0 Å². The molecule has 2 N–H and O–H groups in total. The third-order valence-corrected chi connectivity index (χ3v) is 6.84. The Morgan fingerprint density at radius 1 is 1.00 bits per heavy atom. The molecule has 1 aromatic heterocycles. The van der Waals surface area contributed by atoms with Crippen LogP contribution >= 0.6 is 12.2 Å². The van der Waals surface area contributed by atoms with Crippen molar-refractivity contribution in [3.8, 4) is 11.5 Å². The van der Waals surface area contributed by atoms with Crippen LogP contribution in [0.4, 0.5) is 17.6 Å². The van der Waals surface area contributed by atoms with Crippen molar-refractivity contribution < 1.29 is 9.47 Å². The summed E-state index contributed by atoms with van der Waals surface area (Å²) in [7, 11) is 0. The number of rotatable bonds is 5. The van der Waals surface area contributed by atoms with Crippen molar-refractivity contribution in [1.82, 2.24) is 15.3 Å². The average molecular weight is 469 g/mol. The van der Waals surface area contributed by atoms with E-state index in [0.29, 0.717) is 23.6 Å². The van der Waals surface area contributed by atoms with Gasteiger partial charge in [-0.1, -0.05) is 6.07 Å². The molecule has 33 heavy (non-hydrogen) atoms. The minimum Gasteiger partial charge on any atom is -0.454 e. The molecule has 3 aliphatic rings. The van der Waals surface area contributed by atoms with Gasteiger partial charge in [-0.3, -0.25) is 0 Å². The van der Waals surface area contributed by atoms with Crippen LogP contribution in [0, 0.1) is 0 Å². The lowest BCUT2D eigenvalue weighted by atomic mass is 10.0. The largest absolute Gasteiger partial charge is 0.454 e. The summed E-state index contributed by atoms with van der Waals surface area (Å²) < 4.78 is 10.8. The second kappa shape index (κ2) is 9.99. The Labute approximate surface area is 200 Å². The van der Waals surface area contributed by atoms with Gasteiger partial charge in [-0.25, -0.2) is 0 Å². The summed E-state index contributed by atoms with van der Waals surface area (Å²) in [6, 6.07) is 8.54. The molecule has 0 aliphatic carbocycles. The summed E-state index contributed by atoms with van der Waals surface area (Å²) in [6.45, 7) is 6.24. The summed E-state index contributed by atoms with van der Waals surface area (Å²) in [6.07, 6.45) is 7.37. The van der Waals surface area contributed by atoms with E-state index in [0.717, 1.165) is 48.3 Å². The Balaban J connectivity index is 1.30. The summed E-state index contributed by atoms with van der Waals surface area (Å²) >= 11 is 5.57. The number of piperidine rings is 2. The maximum atomic E-state index is 5.57. The Bertz CT molecular complexity index is 997. The normalized spacial score (nSPS) is 20.0. The molecule has 9 heteroatoms. The highest BCUT2D eigenvalue weighted by atomic mass is 32.1. The van der Waals surface area contributed by atoms with E-state index < -0.39 is 0 Å². The second-order valence-electron chi connectivity index (χ2n) is 8.99. The third kappa shape index (κ3) is 5.24. The van der Waals surface area contributed by atoms with E-state index in [2.05, 4.69) is 33.4 Å². The van der Waals surface area contributed by atoms with Crippen molar-refractivity contribution in [2.75, 3.05) is 41.5 Å². The van der Waals surface area contributed by atoms with Gasteiger partial charge in [0.25, 0.3) is 0 Å². The highest BCUT2D eigenvalue weighted by molar-refractivity contribution is 7.80. The number of aromatic nitrogens is 2. The number of fused-ring (bicyclic) bond motifs is 1. The first-order valence-corrected chi connectivity index (χ1v) is 12.4. The molecule has 8 nitrogen and oxygen atoms in total. The molecule has 1 aromatic carbocycles. The number of hydrogen-bond acceptors (Lipinski definition) is 7. The minimum absolute atomic E-state index is 0.273.